The second kappa shape index (κ2) is 12.6. The summed E-state index contributed by atoms with van der Waals surface area (Å²) in [6.45, 7) is 0. The molecule has 5 nitrogen and oxygen atoms in total. The Labute approximate surface area is 289 Å². The van der Waals surface area contributed by atoms with Crippen LogP contribution in [0.5, 0.6) is 0 Å². The molecule has 236 valence electrons. The standard InChI is InChI=1S/C45H30N4O/c1-4-12-31(13-5-1)32-20-24-36(25-21-32)49(38-28-29-42-40(30-38)39-18-10-11-19-41(39)50-42)37-26-22-35(23-27-37)45-47-43(33-14-6-2-7-15-33)46-44(48-45)34-16-8-3-9-17-34/h1-30H. The van der Waals surface area contributed by atoms with E-state index in [2.05, 4.69) is 108 Å². The van der Waals surface area contributed by atoms with Crippen LogP contribution in [0.15, 0.2) is 186 Å². The van der Waals surface area contributed by atoms with E-state index in [1.165, 1.54) is 11.1 Å². The van der Waals surface area contributed by atoms with Crippen LogP contribution < -0.4 is 4.90 Å². The van der Waals surface area contributed by atoms with Gasteiger partial charge < -0.3 is 9.32 Å². The molecule has 5 heteroatoms. The summed E-state index contributed by atoms with van der Waals surface area (Å²) in [5, 5.41) is 2.17. The molecule has 0 fully saturated rings. The van der Waals surface area contributed by atoms with Crippen molar-refractivity contribution in [3.05, 3.63) is 182 Å². The predicted octanol–water partition coefficient (Wildman–Crippen LogP) is 11.9. The number of furan rings is 1. The first-order valence-electron chi connectivity index (χ1n) is 16.6. The molecule has 0 spiro atoms. The summed E-state index contributed by atoms with van der Waals surface area (Å²) < 4.78 is 6.17. The predicted molar refractivity (Wildman–Crippen MR) is 204 cm³/mol. The van der Waals surface area contributed by atoms with E-state index in [9.17, 15) is 0 Å². The number of aromatic nitrogens is 3. The van der Waals surface area contributed by atoms with Crippen LogP contribution >= 0.6 is 0 Å². The van der Waals surface area contributed by atoms with Crippen molar-refractivity contribution >= 4 is 39.0 Å². The van der Waals surface area contributed by atoms with Gasteiger partial charge >= 0.3 is 0 Å². The Balaban J connectivity index is 1.15. The Kier molecular flexibility index (Phi) is 7.41. The van der Waals surface area contributed by atoms with Crippen LogP contribution in [0.2, 0.25) is 0 Å². The summed E-state index contributed by atoms with van der Waals surface area (Å²) in [5.41, 5.74) is 9.96. The zero-order chi connectivity index (χ0) is 33.3. The van der Waals surface area contributed by atoms with E-state index < -0.39 is 0 Å². The maximum Gasteiger partial charge on any atom is 0.164 e. The number of para-hydroxylation sites is 1. The largest absolute Gasteiger partial charge is 0.456 e. The number of hydrogen-bond acceptors (Lipinski definition) is 5. The topological polar surface area (TPSA) is 55.1 Å². The van der Waals surface area contributed by atoms with Gasteiger partial charge in [-0.1, -0.05) is 121 Å². The van der Waals surface area contributed by atoms with Crippen LogP contribution in [0, 0.1) is 0 Å². The van der Waals surface area contributed by atoms with Gasteiger partial charge in [0.2, 0.25) is 0 Å². The summed E-state index contributed by atoms with van der Waals surface area (Å²) in [5.74, 6) is 1.90. The zero-order valence-electron chi connectivity index (χ0n) is 27.0. The second-order valence-corrected chi connectivity index (χ2v) is 12.1. The average molecular weight is 643 g/mol. The minimum absolute atomic E-state index is 0.620. The minimum atomic E-state index is 0.620. The number of benzene rings is 7. The number of fused-ring (bicyclic) bond motifs is 3. The van der Waals surface area contributed by atoms with Gasteiger partial charge in [0.05, 0.1) is 0 Å². The summed E-state index contributed by atoms with van der Waals surface area (Å²) in [6, 6.07) is 62.3. The molecule has 0 radical (unpaired) electrons. The number of rotatable bonds is 7. The van der Waals surface area contributed by atoms with Crippen molar-refractivity contribution in [3.63, 3.8) is 0 Å². The Morgan fingerprint density at radius 3 is 1.28 bits per heavy atom. The zero-order valence-corrected chi connectivity index (χ0v) is 27.0. The fraction of sp³-hybridized carbons (Fsp3) is 0. The molecule has 0 amide bonds. The van der Waals surface area contributed by atoms with Gasteiger partial charge in [0.15, 0.2) is 17.5 Å². The van der Waals surface area contributed by atoms with Crippen molar-refractivity contribution in [2.24, 2.45) is 0 Å². The highest BCUT2D eigenvalue weighted by Gasteiger charge is 2.17. The first kappa shape index (κ1) is 29.3. The van der Waals surface area contributed by atoms with Crippen LogP contribution in [0.3, 0.4) is 0 Å². The van der Waals surface area contributed by atoms with Crippen molar-refractivity contribution < 1.29 is 4.42 Å². The molecular weight excluding hydrogens is 613 g/mol. The monoisotopic (exact) mass is 642 g/mol. The first-order chi connectivity index (χ1) is 24.8. The Hall–Kier alpha value is -6.85. The van der Waals surface area contributed by atoms with Crippen molar-refractivity contribution in [2.45, 2.75) is 0 Å². The molecule has 2 heterocycles. The molecule has 0 bridgehead atoms. The molecule has 9 aromatic rings. The Morgan fingerprint density at radius 2 is 0.720 bits per heavy atom. The normalized spacial score (nSPS) is 11.2. The lowest BCUT2D eigenvalue weighted by Gasteiger charge is -2.26. The molecule has 0 N–H and O–H groups in total. The van der Waals surface area contributed by atoms with E-state index in [1.807, 2.05) is 78.9 Å². The molecule has 0 atom stereocenters. The molecule has 0 saturated carbocycles. The van der Waals surface area contributed by atoms with Crippen molar-refractivity contribution in [1.82, 2.24) is 15.0 Å². The van der Waals surface area contributed by atoms with E-state index in [1.54, 1.807) is 0 Å². The maximum atomic E-state index is 6.17. The summed E-state index contributed by atoms with van der Waals surface area (Å²) in [4.78, 5) is 17.0. The molecule has 0 aliphatic carbocycles. The van der Waals surface area contributed by atoms with Crippen LogP contribution in [0.4, 0.5) is 17.1 Å². The highest BCUT2D eigenvalue weighted by molar-refractivity contribution is 6.06. The summed E-state index contributed by atoms with van der Waals surface area (Å²) in [6.07, 6.45) is 0. The van der Waals surface area contributed by atoms with Crippen LogP contribution in [0.25, 0.3) is 67.2 Å². The highest BCUT2D eigenvalue weighted by atomic mass is 16.3. The molecule has 50 heavy (non-hydrogen) atoms. The summed E-state index contributed by atoms with van der Waals surface area (Å²) >= 11 is 0. The van der Waals surface area contributed by atoms with Gasteiger partial charge in [-0.3, -0.25) is 0 Å². The number of hydrogen-bond donors (Lipinski definition) is 0. The van der Waals surface area contributed by atoms with Gasteiger partial charge in [-0.15, -0.1) is 0 Å². The van der Waals surface area contributed by atoms with E-state index in [-0.39, 0.29) is 0 Å². The molecule has 7 aromatic carbocycles. The highest BCUT2D eigenvalue weighted by Crippen LogP contribution is 2.40. The van der Waals surface area contributed by atoms with Crippen LogP contribution in [-0.2, 0) is 0 Å². The molecule has 9 rings (SSSR count). The van der Waals surface area contributed by atoms with Gasteiger partial charge in [0.1, 0.15) is 11.2 Å². The van der Waals surface area contributed by atoms with E-state index >= 15 is 0 Å². The van der Waals surface area contributed by atoms with Gasteiger partial charge in [-0.2, -0.15) is 0 Å². The quantitative estimate of drug-likeness (QED) is 0.173. The van der Waals surface area contributed by atoms with Crippen molar-refractivity contribution in [2.75, 3.05) is 4.90 Å². The maximum absolute atomic E-state index is 6.17. The molecule has 0 aliphatic rings. The Morgan fingerprint density at radius 1 is 0.320 bits per heavy atom. The lowest BCUT2D eigenvalue weighted by atomic mass is 10.0. The first-order valence-corrected chi connectivity index (χ1v) is 16.6. The van der Waals surface area contributed by atoms with Crippen LogP contribution in [0.1, 0.15) is 0 Å². The van der Waals surface area contributed by atoms with Gasteiger partial charge in [0, 0.05) is 44.5 Å². The van der Waals surface area contributed by atoms with Gasteiger partial charge in [-0.05, 0) is 71.8 Å². The lowest BCUT2D eigenvalue weighted by molar-refractivity contribution is 0.669. The van der Waals surface area contributed by atoms with Gasteiger partial charge in [0.25, 0.3) is 0 Å². The number of nitrogens with zero attached hydrogens (tertiary/aromatic N) is 4. The third-order valence-corrected chi connectivity index (χ3v) is 8.93. The smallest absolute Gasteiger partial charge is 0.164 e. The van der Waals surface area contributed by atoms with E-state index in [0.29, 0.717) is 17.5 Å². The number of anilines is 3. The lowest BCUT2D eigenvalue weighted by Crippen LogP contribution is -2.10. The van der Waals surface area contributed by atoms with E-state index in [0.717, 1.165) is 55.7 Å². The van der Waals surface area contributed by atoms with Crippen molar-refractivity contribution in [3.8, 4) is 45.3 Å². The molecule has 2 aromatic heterocycles. The van der Waals surface area contributed by atoms with Gasteiger partial charge in [-0.25, -0.2) is 15.0 Å². The second-order valence-electron chi connectivity index (χ2n) is 12.1. The fourth-order valence-corrected chi connectivity index (χ4v) is 6.43. The molecular formula is C45H30N4O. The molecule has 0 saturated heterocycles. The van der Waals surface area contributed by atoms with Crippen molar-refractivity contribution in [1.29, 1.82) is 0 Å². The third kappa shape index (κ3) is 5.57. The third-order valence-electron chi connectivity index (χ3n) is 8.93. The van der Waals surface area contributed by atoms with E-state index in [4.69, 9.17) is 19.4 Å². The van der Waals surface area contributed by atoms with Crippen LogP contribution in [-0.4, -0.2) is 15.0 Å². The Bertz CT molecular complexity index is 2510. The average Bonchev–Trinajstić information content (AvgIpc) is 3.57. The summed E-state index contributed by atoms with van der Waals surface area (Å²) in [7, 11) is 0. The molecule has 0 aliphatic heterocycles. The molecule has 0 unspecified atom stereocenters. The SMILES string of the molecule is c1ccc(-c2ccc(N(c3ccc(-c4nc(-c5ccccc5)nc(-c5ccccc5)n4)cc3)c3ccc4oc5ccccc5c4c3)cc2)cc1. The minimum Gasteiger partial charge on any atom is -0.456 e. The fourth-order valence-electron chi connectivity index (χ4n) is 6.43.